The van der Waals surface area contributed by atoms with Crippen molar-refractivity contribution in [2.24, 2.45) is 0 Å². The number of β-lactam (4-membered cyclic amide) rings is 1. The molecule has 0 aromatic heterocycles. The van der Waals surface area contributed by atoms with Gasteiger partial charge in [0.05, 0.1) is 20.6 Å². The number of alkyl carbamates (subject to hydrolysis) is 1. The highest BCUT2D eigenvalue weighted by Crippen LogP contribution is 2.36. The van der Waals surface area contributed by atoms with Gasteiger partial charge in [-0.15, -0.1) is 0 Å². The molecular formula is C40H48N4O9. The van der Waals surface area contributed by atoms with Crippen LogP contribution in [0.4, 0.5) is 4.79 Å². The smallest absolute Gasteiger partial charge is 0.408 e. The number of ether oxygens (including phenoxy) is 3. The monoisotopic (exact) mass is 728 g/mol. The third-order valence-electron chi connectivity index (χ3n) is 8.83. The van der Waals surface area contributed by atoms with E-state index >= 15 is 0 Å². The summed E-state index contributed by atoms with van der Waals surface area (Å²) in [6.07, 6.45) is -0.813. The number of rotatable bonds is 16. The molecule has 0 spiro atoms. The summed E-state index contributed by atoms with van der Waals surface area (Å²) in [6.45, 7) is 4.87. The van der Waals surface area contributed by atoms with Gasteiger partial charge in [-0.2, -0.15) is 0 Å². The highest BCUT2D eigenvalue weighted by molar-refractivity contribution is 6.03. The number of hydrogen-bond donors (Lipinski definition) is 3. The van der Waals surface area contributed by atoms with Gasteiger partial charge in [0.2, 0.25) is 17.7 Å². The van der Waals surface area contributed by atoms with Gasteiger partial charge in [-0.3, -0.25) is 14.4 Å². The zero-order chi connectivity index (χ0) is 38.6. The number of methoxy groups -OCH3 is 2. The normalized spacial score (nSPS) is 16.9. The van der Waals surface area contributed by atoms with E-state index in [0.29, 0.717) is 0 Å². The molecule has 1 heterocycles. The van der Waals surface area contributed by atoms with Gasteiger partial charge in [-0.05, 0) is 43.9 Å². The molecule has 1 aliphatic heterocycles. The molecule has 1 saturated heterocycles. The summed E-state index contributed by atoms with van der Waals surface area (Å²) < 4.78 is 15.4. The molecule has 3 aromatic rings. The highest BCUT2D eigenvalue weighted by Gasteiger charge is 2.56. The second-order valence-electron chi connectivity index (χ2n) is 13.9. The molecule has 3 aromatic carbocycles. The third-order valence-corrected chi connectivity index (χ3v) is 8.83. The zero-order valence-electron chi connectivity index (χ0n) is 30.8. The van der Waals surface area contributed by atoms with Crippen molar-refractivity contribution < 1.29 is 43.0 Å². The van der Waals surface area contributed by atoms with Crippen molar-refractivity contribution in [3.05, 3.63) is 108 Å². The fourth-order valence-electron chi connectivity index (χ4n) is 6.21. The fourth-order valence-corrected chi connectivity index (χ4v) is 6.21. The number of nitrogens with zero attached hydrogens (tertiary/aromatic N) is 1. The molecule has 0 aliphatic carbocycles. The number of likely N-dealkylation sites (tertiary alicyclic amines) is 1. The average molecular weight is 729 g/mol. The number of esters is 2. The molecule has 53 heavy (non-hydrogen) atoms. The Bertz CT molecular complexity index is 1730. The maximum atomic E-state index is 14.3. The molecule has 1 aliphatic rings. The molecule has 4 rings (SSSR count). The van der Waals surface area contributed by atoms with Crippen LogP contribution >= 0.6 is 0 Å². The molecule has 0 radical (unpaired) electrons. The molecule has 1 fully saturated rings. The number of hydrogen-bond acceptors (Lipinski definition) is 9. The van der Waals surface area contributed by atoms with Crippen molar-refractivity contribution in [1.29, 1.82) is 0 Å². The van der Waals surface area contributed by atoms with Gasteiger partial charge in [0.25, 0.3) is 0 Å². The lowest BCUT2D eigenvalue weighted by Crippen LogP contribution is -2.72. The first-order valence-corrected chi connectivity index (χ1v) is 17.4. The number of amides is 4. The number of benzene rings is 3. The summed E-state index contributed by atoms with van der Waals surface area (Å²) >= 11 is 0. The van der Waals surface area contributed by atoms with Gasteiger partial charge in [0, 0.05) is 25.8 Å². The molecule has 1 unspecified atom stereocenters. The molecule has 4 amide bonds. The minimum absolute atomic E-state index is 0.114. The zero-order valence-corrected chi connectivity index (χ0v) is 30.8. The van der Waals surface area contributed by atoms with Crippen LogP contribution in [0.5, 0.6) is 0 Å². The summed E-state index contributed by atoms with van der Waals surface area (Å²) in [7, 11) is 2.44. The summed E-state index contributed by atoms with van der Waals surface area (Å²) in [4.78, 5) is 81.6. The van der Waals surface area contributed by atoms with E-state index in [0.717, 1.165) is 16.7 Å². The van der Waals surface area contributed by atoms with E-state index in [1.54, 1.807) is 45.0 Å². The first-order valence-electron chi connectivity index (χ1n) is 17.4. The summed E-state index contributed by atoms with van der Waals surface area (Å²) in [5.41, 5.74) is -0.00215. The third kappa shape index (κ3) is 11.1. The maximum Gasteiger partial charge on any atom is 0.408 e. The van der Waals surface area contributed by atoms with Gasteiger partial charge in [0.1, 0.15) is 29.3 Å². The number of carbonyl (C=O) groups excluding carboxylic acids is 6. The topological polar surface area (TPSA) is 169 Å². The second-order valence-corrected chi connectivity index (χ2v) is 13.9. The molecule has 0 bridgehead atoms. The van der Waals surface area contributed by atoms with Crippen LogP contribution in [-0.4, -0.2) is 90.7 Å². The van der Waals surface area contributed by atoms with E-state index in [1.165, 1.54) is 19.1 Å². The molecule has 3 N–H and O–H groups in total. The van der Waals surface area contributed by atoms with Gasteiger partial charge < -0.3 is 35.1 Å². The fraction of sp³-hybridized carbons (Fsp3) is 0.400. The maximum absolute atomic E-state index is 14.3. The van der Waals surface area contributed by atoms with Crippen LogP contribution in [0.3, 0.4) is 0 Å². The van der Waals surface area contributed by atoms with E-state index in [-0.39, 0.29) is 44.6 Å². The van der Waals surface area contributed by atoms with Crippen molar-refractivity contribution in [3.8, 4) is 0 Å². The van der Waals surface area contributed by atoms with E-state index in [4.69, 9.17) is 14.2 Å². The van der Waals surface area contributed by atoms with Gasteiger partial charge in [0.15, 0.2) is 0 Å². The standard InChI is InChI=1S/C40H48N4O9/c1-39(2,3)53-38(50)43-30(34(46)41-31(35(47)51-4)23-27-15-9-6-10-16-27)21-22-44-33(45)26-40(44,25-29-19-13-8-14-20-29)37(49)42-32(36(48)52-5)24-28-17-11-7-12-18-28/h6-20,30-32H,21-26H2,1-5H3,(H,41,46)(H,42,49)(H,43,50)/t30-,31-,32-,40?/m0/s1. The predicted molar refractivity (Wildman–Crippen MR) is 195 cm³/mol. The molecule has 13 heteroatoms. The number of nitrogens with one attached hydrogen (secondary N) is 3. The highest BCUT2D eigenvalue weighted by atomic mass is 16.6. The van der Waals surface area contributed by atoms with Gasteiger partial charge in [-0.25, -0.2) is 14.4 Å². The first-order chi connectivity index (χ1) is 25.2. The van der Waals surface area contributed by atoms with E-state index in [9.17, 15) is 28.8 Å². The van der Waals surface area contributed by atoms with E-state index in [2.05, 4.69) is 16.0 Å². The van der Waals surface area contributed by atoms with Crippen molar-refractivity contribution in [2.45, 2.75) is 82.1 Å². The molecular weight excluding hydrogens is 680 g/mol. The molecule has 282 valence electrons. The average Bonchev–Trinajstić information content (AvgIpc) is 3.13. The van der Waals surface area contributed by atoms with Crippen molar-refractivity contribution in [2.75, 3.05) is 20.8 Å². The van der Waals surface area contributed by atoms with Crippen molar-refractivity contribution in [3.63, 3.8) is 0 Å². The Labute approximate surface area is 309 Å². The second kappa shape index (κ2) is 18.2. The SMILES string of the molecule is COC(=O)[C@H](Cc1ccccc1)NC(=O)[C@H](CCN1C(=O)CC1(Cc1ccccc1)C(=O)N[C@@H](Cc1ccccc1)C(=O)OC)NC(=O)OC(C)(C)C. The van der Waals surface area contributed by atoms with Crippen LogP contribution in [0.1, 0.15) is 50.3 Å². The Kier molecular flexibility index (Phi) is 13.7. The van der Waals surface area contributed by atoms with Crippen molar-refractivity contribution in [1.82, 2.24) is 20.9 Å². The quantitative estimate of drug-likeness (QED) is 0.114. The molecule has 13 nitrogen and oxygen atoms in total. The number of carbonyl (C=O) groups is 6. The summed E-state index contributed by atoms with van der Waals surface area (Å²) in [5.74, 6) is -2.99. The van der Waals surface area contributed by atoms with Crippen LogP contribution in [0.25, 0.3) is 0 Å². The van der Waals surface area contributed by atoms with E-state index < -0.39 is 59.1 Å². The molecule has 4 atom stereocenters. The van der Waals surface area contributed by atoms with Gasteiger partial charge >= 0.3 is 18.0 Å². The first kappa shape index (κ1) is 40.1. The van der Waals surface area contributed by atoms with Crippen LogP contribution in [-0.2, 0) is 57.4 Å². The Hall–Kier alpha value is -5.72. The minimum Gasteiger partial charge on any atom is -0.467 e. The Morgan fingerprint density at radius 1 is 0.698 bits per heavy atom. The lowest BCUT2D eigenvalue weighted by atomic mass is 9.77. The lowest BCUT2D eigenvalue weighted by molar-refractivity contribution is -0.167. The van der Waals surface area contributed by atoms with E-state index in [1.807, 2.05) is 66.7 Å². The van der Waals surface area contributed by atoms with Crippen LogP contribution in [0.15, 0.2) is 91.0 Å². The summed E-state index contributed by atoms with van der Waals surface area (Å²) in [5, 5.41) is 8.11. The minimum atomic E-state index is -1.43. The van der Waals surface area contributed by atoms with Crippen LogP contribution < -0.4 is 16.0 Å². The predicted octanol–water partition coefficient (Wildman–Crippen LogP) is 3.28. The van der Waals surface area contributed by atoms with Crippen molar-refractivity contribution >= 4 is 35.8 Å². The summed E-state index contributed by atoms with van der Waals surface area (Å²) in [6, 6.07) is 23.9. The van der Waals surface area contributed by atoms with Crippen LogP contribution in [0, 0.1) is 0 Å². The lowest BCUT2D eigenvalue weighted by Gasteiger charge is -2.51. The van der Waals surface area contributed by atoms with Crippen LogP contribution in [0.2, 0.25) is 0 Å². The Morgan fingerprint density at radius 3 is 1.62 bits per heavy atom. The Morgan fingerprint density at radius 2 is 1.17 bits per heavy atom. The Balaban J connectivity index is 1.61. The largest absolute Gasteiger partial charge is 0.467 e. The molecule has 0 saturated carbocycles. The van der Waals surface area contributed by atoms with Gasteiger partial charge in [-0.1, -0.05) is 91.0 Å².